The molecular weight excluding hydrogens is 364 g/mol. The Kier molecular flexibility index (Phi) is 3.65. The lowest BCUT2D eigenvalue weighted by Crippen LogP contribution is -2.32. The average molecular weight is 380 g/mol. The molecule has 0 aromatic carbocycles. The molecule has 3 heterocycles. The van der Waals surface area contributed by atoms with Crippen LogP contribution < -0.4 is 5.32 Å². The predicted octanol–water partition coefficient (Wildman–Crippen LogP) is 3.31. The molecule has 1 aromatic rings. The molecule has 2 fully saturated rings. The van der Waals surface area contributed by atoms with E-state index in [9.17, 15) is 0 Å². The summed E-state index contributed by atoms with van der Waals surface area (Å²) in [5.74, 6) is 1.73. The van der Waals surface area contributed by atoms with E-state index in [1.54, 1.807) is 0 Å². The monoisotopic (exact) mass is 378 g/mol. The smallest absolute Gasteiger partial charge is 0.0843 e. The molecule has 0 amide bonds. The fourth-order valence-corrected chi connectivity index (χ4v) is 5.34. The van der Waals surface area contributed by atoms with Crippen LogP contribution in [0.1, 0.15) is 11.8 Å². The van der Waals surface area contributed by atoms with E-state index in [2.05, 4.69) is 55.1 Å². The third-order valence-electron chi connectivity index (χ3n) is 4.11. The molecule has 1 aromatic heterocycles. The summed E-state index contributed by atoms with van der Waals surface area (Å²) in [6.07, 6.45) is 0. The van der Waals surface area contributed by atoms with Gasteiger partial charge in [-0.25, -0.2) is 0 Å². The number of fused-ring (bicyclic) bond motifs is 1. The fraction of sp³-hybridized carbons (Fsp3) is 0.667. The Bertz CT molecular complexity index is 401. The zero-order valence-corrected chi connectivity index (χ0v) is 13.7. The standard InChI is InChI=1S/C12H16Br2N2S/c1-7-10-4-15-3-8(10)5-16(7)6-9-2-11(13)12(14)17-9/h2,7-8,10,15H,3-6H2,1H3. The first-order valence-corrected chi connectivity index (χ1v) is 8.44. The maximum atomic E-state index is 3.57. The van der Waals surface area contributed by atoms with Crippen molar-refractivity contribution in [2.45, 2.75) is 19.5 Å². The van der Waals surface area contributed by atoms with E-state index in [0.717, 1.165) is 24.4 Å². The van der Waals surface area contributed by atoms with Gasteiger partial charge in [0.25, 0.3) is 0 Å². The van der Waals surface area contributed by atoms with E-state index >= 15 is 0 Å². The molecule has 0 bridgehead atoms. The number of hydrogen-bond donors (Lipinski definition) is 1. The second-order valence-electron chi connectivity index (χ2n) is 5.09. The molecule has 2 aliphatic heterocycles. The Labute approximate surface area is 123 Å². The van der Waals surface area contributed by atoms with Gasteiger partial charge in [-0.15, -0.1) is 11.3 Å². The highest BCUT2D eigenvalue weighted by Crippen LogP contribution is 2.37. The van der Waals surface area contributed by atoms with Gasteiger partial charge in [-0.1, -0.05) is 0 Å². The van der Waals surface area contributed by atoms with Gasteiger partial charge in [0.15, 0.2) is 0 Å². The minimum Gasteiger partial charge on any atom is -0.316 e. The lowest BCUT2D eigenvalue weighted by Gasteiger charge is -2.23. The van der Waals surface area contributed by atoms with Crippen LogP contribution in [0.5, 0.6) is 0 Å². The minimum atomic E-state index is 0.717. The van der Waals surface area contributed by atoms with E-state index in [1.165, 1.54) is 32.8 Å². The number of thiophene rings is 1. The van der Waals surface area contributed by atoms with Crippen LogP contribution in [0.25, 0.3) is 0 Å². The highest BCUT2D eigenvalue weighted by Gasteiger charge is 2.41. The van der Waals surface area contributed by atoms with Crippen molar-refractivity contribution < 1.29 is 0 Å². The second kappa shape index (κ2) is 4.93. The first-order valence-electron chi connectivity index (χ1n) is 6.03. The van der Waals surface area contributed by atoms with Crippen molar-refractivity contribution in [2.24, 2.45) is 11.8 Å². The van der Waals surface area contributed by atoms with Crippen LogP contribution in [0.4, 0.5) is 0 Å². The van der Waals surface area contributed by atoms with Crippen LogP contribution in [0.2, 0.25) is 0 Å². The van der Waals surface area contributed by atoms with Gasteiger partial charge in [0.1, 0.15) is 0 Å². The zero-order valence-electron chi connectivity index (χ0n) is 9.75. The molecule has 3 rings (SSSR count). The molecule has 1 N–H and O–H groups in total. The summed E-state index contributed by atoms with van der Waals surface area (Å²) in [5, 5.41) is 3.51. The lowest BCUT2D eigenvalue weighted by molar-refractivity contribution is 0.233. The third kappa shape index (κ3) is 2.37. The number of nitrogens with one attached hydrogen (secondary N) is 1. The van der Waals surface area contributed by atoms with Gasteiger partial charge in [-0.05, 0) is 69.8 Å². The molecular formula is C12H16Br2N2S. The molecule has 2 nitrogen and oxygen atoms in total. The van der Waals surface area contributed by atoms with Crippen molar-refractivity contribution in [3.05, 3.63) is 19.2 Å². The highest BCUT2D eigenvalue weighted by atomic mass is 79.9. The van der Waals surface area contributed by atoms with Gasteiger partial charge in [0.2, 0.25) is 0 Å². The molecule has 0 radical (unpaired) electrons. The third-order valence-corrected chi connectivity index (χ3v) is 7.35. The lowest BCUT2D eigenvalue weighted by atomic mass is 9.95. The summed E-state index contributed by atoms with van der Waals surface area (Å²) in [6.45, 7) is 7.16. The Morgan fingerprint density at radius 2 is 2.29 bits per heavy atom. The van der Waals surface area contributed by atoms with Crippen LogP contribution in [-0.2, 0) is 6.54 Å². The molecule has 2 saturated heterocycles. The molecule has 3 atom stereocenters. The van der Waals surface area contributed by atoms with Crippen molar-refractivity contribution >= 4 is 43.2 Å². The Morgan fingerprint density at radius 3 is 2.94 bits per heavy atom. The summed E-state index contributed by atoms with van der Waals surface area (Å²) in [6, 6.07) is 2.96. The summed E-state index contributed by atoms with van der Waals surface area (Å²) < 4.78 is 2.40. The van der Waals surface area contributed by atoms with E-state index in [1.807, 2.05) is 11.3 Å². The number of likely N-dealkylation sites (tertiary alicyclic amines) is 1. The maximum absolute atomic E-state index is 3.57. The van der Waals surface area contributed by atoms with Crippen molar-refractivity contribution in [2.75, 3.05) is 19.6 Å². The molecule has 0 saturated carbocycles. The first-order chi connectivity index (χ1) is 8.15. The summed E-state index contributed by atoms with van der Waals surface area (Å²) in [7, 11) is 0. The molecule has 17 heavy (non-hydrogen) atoms. The Morgan fingerprint density at radius 1 is 1.47 bits per heavy atom. The predicted molar refractivity (Wildman–Crippen MR) is 79.4 cm³/mol. The van der Waals surface area contributed by atoms with Crippen LogP contribution in [0.15, 0.2) is 14.3 Å². The van der Waals surface area contributed by atoms with Gasteiger partial charge < -0.3 is 5.32 Å². The molecule has 5 heteroatoms. The fourth-order valence-electron chi connectivity index (χ4n) is 3.13. The van der Waals surface area contributed by atoms with Crippen LogP contribution in [-0.4, -0.2) is 30.6 Å². The van der Waals surface area contributed by atoms with Gasteiger partial charge in [-0.3, -0.25) is 4.90 Å². The summed E-state index contributed by atoms with van der Waals surface area (Å²) >= 11 is 8.98. The van der Waals surface area contributed by atoms with Crippen LogP contribution in [0.3, 0.4) is 0 Å². The Balaban J connectivity index is 1.70. The summed E-state index contributed by atoms with van der Waals surface area (Å²) in [5.41, 5.74) is 0. The molecule has 0 aliphatic carbocycles. The van der Waals surface area contributed by atoms with Gasteiger partial charge in [-0.2, -0.15) is 0 Å². The van der Waals surface area contributed by atoms with E-state index in [0.29, 0.717) is 0 Å². The van der Waals surface area contributed by atoms with E-state index in [4.69, 9.17) is 0 Å². The quantitative estimate of drug-likeness (QED) is 0.847. The number of nitrogens with zero attached hydrogens (tertiary/aromatic N) is 1. The zero-order chi connectivity index (χ0) is 12.0. The number of hydrogen-bond acceptors (Lipinski definition) is 3. The van der Waals surface area contributed by atoms with Crippen LogP contribution in [0, 0.1) is 11.8 Å². The number of rotatable bonds is 2. The molecule has 0 spiro atoms. The normalized spacial score (nSPS) is 33.2. The molecule has 2 aliphatic rings. The number of halogens is 2. The van der Waals surface area contributed by atoms with Crippen molar-refractivity contribution in [1.29, 1.82) is 0 Å². The van der Waals surface area contributed by atoms with Gasteiger partial charge in [0.05, 0.1) is 3.79 Å². The SMILES string of the molecule is CC1C2CNCC2CN1Cc1cc(Br)c(Br)s1. The van der Waals surface area contributed by atoms with Gasteiger partial charge >= 0.3 is 0 Å². The topological polar surface area (TPSA) is 15.3 Å². The highest BCUT2D eigenvalue weighted by molar-refractivity contribution is 9.13. The second-order valence-corrected chi connectivity index (χ2v) is 8.40. The molecule has 3 unspecified atom stereocenters. The average Bonchev–Trinajstić information content (AvgIpc) is 2.91. The van der Waals surface area contributed by atoms with E-state index < -0.39 is 0 Å². The largest absolute Gasteiger partial charge is 0.316 e. The van der Waals surface area contributed by atoms with Crippen molar-refractivity contribution in [1.82, 2.24) is 10.2 Å². The van der Waals surface area contributed by atoms with Crippen molar-refractivity contribution in [3.63, 3.8) is 0 Å². The first kappa shape index (κ1) is 12.6. The van der Waals surface area contributed by atoms with Crippen LogP contribution >= 0.6 is 43.2 Å². The van der Waals surface area contributed by atoms with Crippen molar-refractivity contribution in [3.8, 4) is 0 Å². The maximum Gasteiger partial charge on any atom is 0.0843 e. The Hall–Kier alpha value is 0.580. The summed E-state index contributed by atoms with van der Waals surface area (Å²) in [4.78, 5) is 4.09. The minimum absolute atomic E-state index is 0.717. The molecule has 94 valence electrons. The van der Waals surface area contributed by atoms with E-state index in [-0.39, 0.29) is 0 Å². The van der Waals surface area contributed by atoms with Gasteiger partial charge in [0, 0.05) is 28.5 Å².